The minimum absolute atomic E-state index is 0. The molecule has 660 valence electrons. The molecule has 13 rings (SSSR count). The summed E-state index contributed by atoms with van der Waals surface area (Å²) in [4.78, 5) is 117. The molecule has 2 N–H and O–H groups in total. The Kier molecular flexibility index (Phi) is 36.4. The van der Waals surface area contributed by atoms with Crippen LogP contribution in [-0.4, -0.2) is 229 Å². The van der Waals surface area contributed by atoms with Crippen LogP contribution in [0, 0.1) is 31.8 Å². The van der Waals surface area contributed by atoms with Gasteiger partial charge in [-0.1, -0.05) is 159 Å². The van der Waals surface area contributed by atoms with Gasteiger partial charge in [-0.3, -0.25) is 29.4 Å². The van der Waals surface area contributed by atoms with Crippen molar-refractivity contribution in [2.75, 3.05) is 119 Å². The van der Waals surface area contributed by atoms with Crippen molar-refractivity contribution < 1.29 is 71.7 Å². The second-order valence-electron chi connectivity index (χ2n) is 37.1. The number of esters is 2. The molecule has 8 aliphatic rings. The van der Waals surface area contributed by atoms with E-state index in [0.29, 0.717) is 88.7 Å². The number of carbonyl (C=O) groups excluding carboxylic acids is 8. The first-order valence-corrected chi connectivity index (χ1v) is 44.2. The Hall–Kier alpha value is -9.16. The Morgan fingerprint density at radius 1 is 0.450 bits per heavy atom. The lowest BCUT2D eigenvalue weighted by molar-refractivity contribution is -0.499. The number of benzene rings is 5. The minimum atomic E-state index is -2.23. The summed E-state index contributed by atoms with van der Waals surface area (Å²) in [6.07, 6.45) is 10.5. The largest absolute Gasteiger partial charge is 0.469 e. The van der Waals surface area contributed by atoms with Crippen LogP contribution in [0.15, 0.2) is 152 Å². The molecule has 5 amide bonds. The predicted octanol–water partition coefficient (Wildman–Crippen LogP) is 14.7. The molecule has 5 aromatic rings. The molecule has 120 heavy (non-hydrogen) atoms. The van der Waals surface area contributed by atoms with Crippen LogP contribution in [0.2, 0.25) is 0 Å². The van der Waals surface area contributed by atoms with Crippen molar-refractivity contribution in [1.82, 2.24) is 40.0 Å². The number of carbonyl (C=O) groups is 8. The van der Waals surface area contributed by atoms with Gasteiger partial charge in [-0.15, -0.1) is 0 Å². The number of hydrogen-bond donors (Lipinski definition) is 2. The van der Waals surface area contributed by atoms with Crippen molar-refractivity contribution in [3.05, 3.63) is 173 Å². The van der Waals surface area contributed by atoms with E-state index in [1.807, 2.05) is 145 Å². The van der Waals surface area contributed by atoms with E-state index < -0.39 is 46.1 Å². The average Bonchev–Trinajstić information content (AvgIpc) is 1.02. The fourth-order valence-electron chi connectivity index (χ4n) is 16.5. The molecule has 0 unspecified atom stereocenters. The second-order valence-corrected chi connectivity index (χ2v) is 40.3. The van der Waals surface area contributed by atoms with Gasteiger partial charge in [0.2, 0.25) is 12.5 Å². The van der Waals surface area contributed by atoms with Crippen LogP contribution in [0.5, 0.6) is 0 Å². The summed E-state index contributed by atoms with van der Waals surface area (Å²) in [7, 11) is 2.69. The molecule has 0 bridgehead atoms. The predicted molar refractivity (Wildman–Crippen MR) is 474 cm³/mol. The Labute approximate surface area is 714 Å². The third-order valence-corrected chi connectivity index (χ3v) is 26.9. The summed E-state index contributed by atoms with van der Waals surface area (Å²) in [5, 5.41) is 21.2. The number of nitrogens with zero attached hydrogens (tertiary/aromatic N) is 7. The number of likely N-dealkylation sites (tertiary alicyclic amines) is 6. The fraction of sp³-hybridized carbons (Fsp3) is 0.585. The van der Waals surface area contributed by atoms with Crippen LogP contribution < -0.4 is 26.5 Å². The highest BCUT2D eigenvalue weighted by Crippen LogP contribution is 2.46. The van der Waals surface area contributed by atoms with Crippen LogP contribution in [0.1, 0.15) is 192 Å². The normalized spacial score (nSPS) is 18.6. The molecular formula is C94H138N9O16P. The van der Waals surface area contributed by atoms with Gasteiger partial charge in [0.05, 0.1) is 20.6 Å². The number of Topliss-reactive ketones (excluding diaryl/α,β-unsaturated/α-hetero) is 1. The molecule has 8 heterocycles. The topological polar surface area (TPSA) is 279 Å². The van der Waals surface area contributed by atoms with Crippen molar-refractivity contribution in [3.63, 3.8) is 0 Å². The van der Waals surface area contributed by atoms with Crippen molar-refractivity contribution in [2.24, 2.45) is 21.7 Å². The van der Waals surface area contributed by atoms with E-state index in [9.17, 15) is 48.5 Å². The Balaban J connectivity index is 0.000000200. The van der Waals surface area contributed by atoms with E-state index in [4.69, 9.17) is 23.7 Å². The first-order valence-electron chi connectivity index (χ1n) is 42.4. The zero-order valence-electron chi connectivity index (χ0n) is 73.2. The second kappa shape index (κ2) is 44.6. The van der Waals surface area contributed by atoms with Gasteiger partial charge in [0.25, 0.3) is 0 Å². The molecule has 3 spiro atoms. The minimum Gasteiger partial charge on any atom is -0.469 e. The number of amides is 5. The zero-order chi connectivity index (χ0) is 86.7. The third-order valence-electron chi connectivity index (χ3n) is 23.0. The molecule has 0 aliphatic carbocycles. The highest BCUT2D eigenvalue weighted by atomic mass is 31.2. The van der Waals surface area contributed by atoms with Crippen molar-refractivity contribution in [1.29, 1.82) is 0 Å². The molecule has 25 nitrogen and oxygen atoms in total. The summed E-state index contributed by atoms with van der Waals surface area (Å²) in [6.45, 7) is 34.3. The van der Waals surface area contributed by atoms with Crippen molar-refractivity contribution in [2.45, 2.75) is 216 Å². The summed E-state index contributed by atoms with van der Waals surface area (Å²) >= 11 is 0. The molecule has 26 heteroatoms. The highest BCUT2D eigenvalue weighted by molar-refractivity contribution is 7.95. The number of methoxy groups -OCH3 is 2. The quantitative estimate of drug-likeness (QED) is 0.0386. The number of ketones is 1. The van der Waals surface area contributed by atoms with Crippen molar-refractivity contribution in [3.8, 4) is 0 Å². The lowest BCUT2D eigenvalue weighted by Gasteiger charge is -2.39. The van der Waals surface area contributed by atoms with Gasteiger partial charge in [0, 0.05) is 126 Å². The van der Waals surface area contributed by atoms with Crippen LogP contribution >= 0.6 is 6.89 Å². The van der Waals surface area contributed by atoms with E-state index >= 15 is 0 Å². The molecular weight excluding hydrogens is 1540 g/mol. The molecule has 8 fully saturated rings. The SMILES string of the molecule is C.CC(C)(C)OC(=O)N1CCC(=O)CC1.CC(C)(C)OC(=O)N1CCC2(CC1)CC(=O)N(Cc1ccccc1)C2.CC(C)(C)OC(=O)N1CCC2(CCNC2)CC1.COC(=O)C=P(c1ccccc1)(c1ccccc1)c1ccccc1.COC(=O)CC1(C[N+](=O)[O-])CCN(C(=O)OC(C)(C)C)CC1.c1ccc(CN2CCC3(CCNCC3)C2)cc1. The van der Waals surface area contributed by atoms with Crippen LogP contribution in [0.3, 0.4) is 0 Å². The monoisotopic (exact) mass is 1680 g/mol. The van der Waals surface area contributed by atoms with E-state index in [1.165, 1.54) is 82.1 Å². The standard InChI is InChI=1S/C21H19O2P.C20H28N2O3.C15H22N2.C14H24N2O6.C13H24N2O2.C10H17NO3.CH4/c1-23-21(22)17-24(18-11-5-2-6-12-18,19-13-7-3-8-14-19)20-15-9-4-10-16-20;1-19(2,3)25-18(24)21-11-9-20(10-12-21)13-17(23)22(15-20)14-16-7-5-4-6-8-16;1-2-4-14(5-3-1)12-17-11-8-15(13-17)6-9-16-10-7-15;1-13(2,3)22-12(18)15-7-5-14(6-8-15,10-16(19)20)9-11(17)21-4;1-12(2,3)17-11(16)15-8-5-13(6-9-15)4-7-14-10-13;1-10(2,3)14-9(13)11-6-4-8(12)5-7-11;/h2-17H,1H3;4-8H,9-15H2,1-3H3;1-5,16H,6-13H2;5-10H2,1-4H3;14H,4-10H2,1-3H3;4-7H2,1-3H3;1H4. The zero-order valence-corrected chi connectivity index (χ0v) is 74.1. The maximum absolute atomic E-state index is 12.5. The van der Waals surface area contributed by atoms with Crippen molar-refractivity contribution >= 4 is 76.6 Å². The number of nitro groups is 1. The summed E-state index contributed by atoms with van der Waals surface area (Å²) < 4.78 is 31.0. The van der Waals surface area contributed by atoms with Gasteiger partial charge >= 0.3 is 36.3 Å². The molecule has 0 radical (unpaired) electrons. The number of nitrogens with one attached hydrogen (secondary N) is 2. The maximum Gasteiger partial charge on any atom is 0.410 e. The van der Waals surface area contributed by atoms with E-state index in [2.05, 4.69) is 99.1 Å². The number of hydrogen-bond acceptors (Lipinski definition) is 19. The Morgan fingerprint density at radius 3 is 1.18 bits per heavy atom. The lowest BCUT2D eigenvalue weighted by Crippen LogP contribution is -2.48. The highest BCUT2D eigenvalue weighted by Gasteiger charge is 2.47. The fourth-order valence-corrected chi connectivity index (χ4v) is 20.2. The van der Waals surface area contributed by atoms with Gasteiger partial charge in [-0.25, -0.2) is 24.0 Å². The molecule has 0 aromatic heterocycles. The van der Waals surface area contributed by atoms with E-state index in [0.717, 1.165) is 80.9 Å². The van der Waals surface area contributed by atoms with Gasteiger partial charge in [-0.2, -0.15) is 0 Å². The summed E-state index contributed by atoms with van der Waals surface area (Å²) in [5.41, 5.74) is 1.08. The summed E-state index contributed by atoms with van der Waals surface area (Å²) in [5.74, 6) is 1.46. The van der Waals surface area contributed by atoms with Crippen LogP contribution in [0.4, 0.5) is 19.2 Å². The van der Waals surface area contributed by atoms with Gasteiger partial charge < -0.3 is 63.6 Å². The maximum atomic E-state index is 12.5. The Bertz CT molecular complexity index is 4020. The number of rotatable bonds is 12. The number of ether oxygens (including phenoxy) is 6. The van der Waals surface area contributed by atoms with E-state index in [-0.39, 0.29) is 67.3 Å². The van der Waals surface area contributed by atoms with Gasteiger partial charge in [-0.05, 0) is 218 Å². The molecule has 0 saturated carbocycles. The Morgan fingerprint density at radius 2 is 0.808 bits per heavy atom. The first kappa shape index (κ1) is 98.0. The first-order chi connectivity index (χ1) is 56.3. The van der Waals surface area contributed by atoms with Gasteiger partial charge in [0.15, 0.2) is 0 Å². The average molecular weight is 1680 g/mol. The smallest absolute Gasteiger partial charge is 0.410 e. The van der Waals surface area contributed by atoms with Crippen LogP contribution in [0.25, 0.3) is 0 Å². The van der Waals surface area contributed by atoms with Gasteiger partial charge in [0.1, 0.15) is 28.2 Å². The third kappa shape index (κ3) is 31.1. The molecule has 5 aromatic carbocycles. The lowest BCUT2D eigenvalue weighted by atomic mass is 9.75. The molecule has 8 aliphatic heterocycles. The molecule has 8 saturated heterocycles. The van der Waals surface area contributed by atoms with Crippen LogP contribution in [-0.2, 0) is 60.7 Å². The number of piperidine rings is 5. The summed E-state index contributed by atoms with van der Waals surface area (Å²) in [6, 6.07) is 51.6. The van der Waals surface area contributed by atoms with E-state index in [1.54, 1.807) is 36.4 Å². The molecule has 0 atom stereocenters.